The van der Waals surface area contributed by atoms with Gasteiger partial charge in [-0.3, -0.25) is 0 Å². The third-order valence-corrected chi connectivity index (χ3v) is 3.01. The zero-order valence-corrected chi connectivity index (χ0v) is 8.73. The van der Waals surface area contributed by atoms with E-state index >= 15 is 0 Å². The van der Waals surface area contributed by atoms with Crippen molar-refractivity contribution in [2.45, 2.75) is 45.4 Å². The van der Waals surface area contributed by atoms with Gasteiger partial charge < -0.3 is 0 Å². The van der Waals surface area contributed by atoms with Gasteiger partial charge in [0, 0.05) is 17.5 Å². The minimum atomic E-state index is 0.722. The van der Waals surface area contributed by atoms with E-state index in [1.165, 1.54) is 30.7 Å². The van der Waals surface area contributed by atoms with E-state index in [0.717, 1.165) is 5.92 Å². The van der Waals surface area contributed by atoms with Gasteiger partial charge in [-0.1, -0.05) is 26.7 Å². The van der Waals surface area contributed by atoms with Crippen LogP contribution in [-0.2, 0) is 0 Å². The summed E-state index contributed by atoms with van der Waals surface area (Å²) >= 11 is 1.80. The molecule has 0 fully saturated rings. The van der Waals surface area contributed by atoms with Crippen molar-refractivity contribution in [3.8, 4) is 0 Å². The lowest BCUT2D eigenvalue weighted by molar-refractivity contribution is 0.558. The second-order valence-electron chi connectivity index (χ2n) is 3.14. The Bertz CT molecular complexity index is 188. The van der Waals surface area contributed by atoms with Gasteiger partial charge in [0.2, 0.25) is 0 Å². The van der Waals surface area contributed by atoms with Crippen LogP contribution in [0.2, 0.25) is 0 Å². The Kier molecular flexibility index (Phi) is 4.30. The molecule has 1 aromatic rings. The average molecular weight is 183 g/mol. The molecule has 1 heterocycles. The van der Waals surface area contributed by atoms with Crippen molar-refractivity contribution in [3.05, 3.63) is 16.6 Å². The van der Waals surface area contributed by atoms with Crippen LogP contribution in [0.5, 0.6) is 0 Å². The smallest absolute Gasteiger partial charge is 0.0955 e. The van der Waals surface area contributed by atoms with E-state index in [0.29, 0.717) is 0 Å². The molecule has 0 N–H and O–H groups in total. The van der Waals surface area contributed by atoms with Gasteiger partial charge in [-0.25, -0.2) is 4.98 Å². The largest absolute Gasteiger partial charge is 0.249 e. The average Bonchev–Trinajstić information content (AvgIpc) is 2.56. The Morgan fingerprint density at radius 2 is 2.00 bits per heavy atom. The summed E-state index contributed by atoms with van der Waals surface area (Å²) in [7, 11) is 0. The second kappa shape index (κ2) is 5.31. The summed E-state index contributed by atoms with van der Waals surface area (Å²) < 4.78 is 0. The molecule has 0 aliphatic carbocycles. The molecule has 0 aliphatic heterocycles. The quantitative estimate of drug-likeness (QED) is 0.676. The zero-order valence-electron chi connectivity index (χ0n) is 7.92. The van der Waals surface area contributed by atoms with Crippen LogP contribution in [-0.4, -0.2) is 4.98 Å². The lowest BCUT2D eigenvalue weighted by Crippen LogP contribution is -1.96. The van der Waals surface area contributed by atoms with Gasteiger partial charge >= 0.3 is 0 Å². The Morgan fingerprint density at radius 3 is 2.42 bits per heavy atom. The highest BCUT2D eigenvalue weighted by Crippen LogP contribution is 2.27. The molecule has 0 saturated heterocycles. The molecule has 0 unspecified atom stereocenters. The van der Waals surface area contributed by atoms with Crippen molar-refractivity contribution in [1.82, 2.24) is 4.98 Å². The normalized spacial score (nSPS) is 10.9. The number of hydrogen-bond donors (Lipinski definition) is 0. The molecule has 1 aromatic heterocycles. The van der Waals surface area contributed by atoms with Crippen LogP contribution in [0.1, 0.15) is 50.5 Å². The SMILES string of the molecule is CCCC(CCC)c1nccs1. The number of nitrogens with zero attached hydrogens (tertiary/aromatic N) is 1. The summed E-state index contributed by atoms with van der Waals surface area (Å²) in [5, 5.41) is 3.41. The maximum Gasteiger partial charge on any atom is 0.0955 e. The van der Waals surface area contributed by atoms with Crippen LogP contribution < -0.4 is 0 Å². The first-order valence-electron chi connectivity index (χ1n) is 4.77. The summed E-state index contributed by atoms with van der Waals surface area (Å²) in [6.45, 7) is 4.49. The third kappa shape index (κ3) is 2.59. The van der Waals surface area contributed by atoms with Gasteiger partial charge in [0.15, 0.2) is 0 Å². The van der Waals surface area contributed by atoms with Crippen molar-refractivity contribution >= 4 is 11.3 Å². The molecule has 0 aliphatic rings. The lowest BCUT2D eigenvalue weighted by Gasteiger charge is -2.10. The molecule has 0 atom stereocenters. The molecule has 0 amide bonds. The first kappa shape index (κ1) is 9.72. The predicted molar refractivity (Wildman–Crippen MR) is 54.7 cm³/mol. The Hall–Kier alpha value is -0.370. The lowest BCUT2D eigenvalue weighted by atomic mass is 9.99. The molecule has 0 spiro atoms. The first-order valence-corrected chi connectivity index (χ1v) is 5.65. The van der Waals surface area contributed by atoms with Crippen molar-refractivity contribution < 1.29 is 0 Å². The molecule has 0 radical (unpaired) electrons. The van der Waals surface area contributed by atoms with Crippen LogP contribution in [0, 0.1) is 0 Å². The van der Waals surface area contributed by atoms with Crippen LogP contribution in [0.15, 0.2) is 11.6 Å². The highest BCUT2D eigenvalue weighted by Gasteiger charge is 2.11. The van der Waals surface area contributed by atoms with Crippen LogP contribution in [0.25, 0.3) is 0 Å². The van der Waals surface area contributed by atoms with Gasteiger partial charge in [-0.15, -0.1) is 11.3 Å². The maximum atomic E-state index is 4.37. The Morgan fingerprint density at radius 1 is 1.33 bits per heavy atom. The highest BCUT2D eigenvalue weighted by atomic mass is 32.1. The monoisotopic (exact) mass is 183 g/mol. The Balaban J connectivity index is 2.53. The van der Waals surface area contributed by atoms with E-state index in [4.69, 9.17) is 0 Å². The van der Waals surface area contributed by atoms with E-state index in [1.54, 1.807) is 11.3 Å². The molecule has 0 aromatic carbocycles. The van der Waals surface area contributed by atoms with Crippen LogP contribution >= 0.6 is 11.3 Å². The molecule has 0 bridgehead atoms. The first-order chi connectivity index (χ1) is 5.88. The van der Waals surface area contributed by atoms with Crippen molar-refractivity contribution in [3.63, 3.8) is 0 Å². The van der Waals surface area contributed by atoms with Crippen molar-refractivity contribution in [1.29, 1.82) is 0 Å². The third-order valence-electron chi connectivity index (χ3n) is 2.07. The molecule has 12 heavy (non-hydrogen) atoms. The minimum absolute atomic E-state index is 0.722. The van der Waals surface area contributed by atoms with Crippen molar-refractivity contribution in [2.24, 2.45) is 0 Å². The minimum Gasteiger partial charge on any atom is -0.249 e. The number of thiazole rings is 1. The van der Waals surface area contributed by atoms with Gasteiger partial charge in [0.05, 0.1) is 5.01 Å². The summed E-state index contributed by atoms with van der Waals surface area (Å²) in [6.07, 6.45) is 7.04. The highest BCUT2D eigenvalue weighted by molar-refractivity contribution is 7.09. The standard InChI is InChI=1S/C10H17NS/c1-3-5-9(6-4-2)10-11-7-8-12-10/h7-9H,3-6H2,1-2H3. The van der Waals surface area contributed by atoms with Crippen molar-refractivity contribution in [2.75, 3.05) is 0 Å². The van der Waals surface area contributed by atoms with E-state index in [-0.39, 0.29) is 0 Å². The molecule has 0 saturated carbocycles. The molecule has 68 valence electrons. The number of hydrogen-bond acceptors (Lipinski definition) is 2. The summed E-state index contributed by atoms with van der Waals surface area (Å²) in [4.78, 5) is 4.37. The fourth-order valence-electron chi connectivity index (χ4n) is 1.52. The molecule has 1 rings (SSSR count). The maximum absolute atomic E-state index is 4.37. The fourth-order valence-corrected chi connectivity index (χ4v) is 2.34. The second-order valence-corrected chi connectivity index (χ2v) is 4.07. The van der Waals surface area contributed by atoms with E-state index < -0.39 is 0 Å². The molecule has 1 nitrogen and oxygen atoms in total. The van der Waals surface area contributed by atoms with Gasteiger partial charge in [0.1, 0.15) is 0 Å². The zero-order chi connectivity index (χ0) is 8.81. The van der Waals surface area contributed by atoms with E-state index in [1.807, 2.05) is 6.20 Å². The molecular formula is C10H17NS. The van der Waals surface area contributed by atoms with Gasteiger partial charge in [-0.2, -0.15) is 0 Å². The fraction of sp³-hybridized carbons (Fsp3) is 0.700. The van der Waals surface area contributed by atoms with Gasteiger partial charge in [-0.05, 0) is 12.8 Å². The van der Waals surface area contributed by atoms with Crippen LogP contribution in [0.4, 0.5) is 0 Å². The Labute approximate surface area is 78.8 Å². The summed E-state index contributed by atoms with van der Waals surface area (Å²) in [5.41, 5.74) is 0. The van der Waals surface area contributed by atoms with E-state index in [2.05, 4.69) is 24.2 Å². The molecule has 2 heteroatoms. The predicted octanol–water partition coefficient (Wildman–Crippen LogP) is 3.83. The topological polar surface area (TPSA) is 12.9 Å². The summed E-state index contributed by atoms with van der Waals surface area (Å²) in [6, 6.07) is 0. The number of aromatic nitrogens is 1. The summed E-state index contributed by atoms with van der Waals surface area (Å²) in [5.74, 6) is 0.722. The van der Waals surface area contributed by atoms with E-state index in [9.17, 15) is 0 Å². The van der Waals surface area contributed by atoms with Crippen LogP contribution in [0.3, 0.4) is 0 Å². The number of rotatable bonds is 5. The molecular weight excluding hydrogens is 166 g/mol. The van der Waals surface area contributed by atoms with Gasteiger partial charge in [0.25, 0.3) is 0 Å².